The van der Waals surface area contributed by atoms with Crippen LogP contribution in [0.25, 0.3) is 0 Å². The van der Waals surface area contributed by atoms with Crippen LogP contribution in [0.1, 0.15) is 22.8 Å². The highest BCUT2D eigenvalue weighted by Gasteiger charge is 2.30. The van der Waals surface area contributed by atoms with Gasteiger partial charge in [0.25, 0.3) is 10.0 Å². The first kappa shape index (κ1) is 23.1. The van der Waals surface area contributed by atoms with Crippen molar-refractivity contribution in [3.63, 3.8) is 0 Å². The van der Waals surface area contributed by atoms with Crippen LogP contribution in [0.3, 0.4) is 0 Å². The van der Waals surface area contributed by atoms with Gasteiger partial charge in [0.15, 0.2) is 11.6 Å². The van der Waals surface area contributed by atoms with Crippen molar-refractivity contribution in [1.29, 1.82) is 0 Å². The smallest absolute Gasteiger partial charge is 0.338 e. The van der Waals surface area contributed by atoms with Crippen molar-refractivity contribution in [3.8, 4) is 5.75 Å². The summed E-state index contributed by atoms with van der Waals surface area (Å²) in [7, 11) is -1.98. The Labute approximate surface area is 174 Å². The largest absolute Gasteiger partial charge is 0.494 e. The molecule has 0 aliphatic heterocycles. The van der Waals surface area contributed by atoms with E-state index < -0.39 is 34.3 Å². The number of esters is 2. The Kier molecular flexibility index (Phi) is 7.38. The van der Waals surface area contributed by atoms with Crippen LogP contribution in [0.2, 0.25) is 0 Å². The van der Waals surface area contributed by atoms with Crippen molar-refractivity contribution in [2.45, 2.75) is 18.7 Å². The molecule has 0 spiro atoms. The van der Waals surface area contributed by atoms with Gasteiger partial charge in [-0.05, 0) is 55.8 Å². The summed E-state index contributed by atoms with van der Waals surface area (Å²) < 4.78 is 55.7. The van der Waals surface area contributed by atoms with Crippen LogP contribution in [-0.2, 0) is 24.3 Å². The third kappa shape index (κ3) is 4.88. The molecule has 0 radical (unpaired) electrons. The second-order valence-electron chi connectivity index (χ2n) is 6.11. The number of carbonyl (C=O) groups excluding carboxylic acids is 2. The molecule has 0 amide bonds. The number of ether oxygens (including phenoxy) is 3. The van der Waals surface area contributed by atoms with Crippen LogP contribution in [0.5, 0.6) is 5.75 Å². The molecule has 2 rings (SSSR count). The minimum Gasteiger partial charge on any atom is -0.494 e. The number of methoxy groups -OCH3 is 2. The van der Waals surface area contributed by atoms with Crippen molar-refractivity contribution in [1.82, 2.24) is 0 Å². The molecular weight excluding hydrogens is 417 g/mol. The van der Waals surface area contributed by atoms with E-state index in [0.717, 1.165) is 17.5 Å². The Morgan fingerprint density at radius 1 is 1.10 bits per heavy atom. The number of rotatable bonds is 8. The second kappa shape index (κ2) is 9.57. The van der Waals surface area contributed by atoms with Gasteiger partial charge in [-0.15, -0.1) is 0 Å². The van der Waals surface area contributed by atoms with Gasteiger partial charge in [0.05, 0.1) is 37.0 Å². The van der Waals surface area contributed by atoms with Crippen molar-refractivity contribution < 1.29 is 36.6 Å². The molecule has 0 saturated heterocycles. The number of benzene rings is 2. The van der Waals surface area contributed by atoms with Gasteiger partial charge in [-0.3, -0.25) is 9.10 Å². The highest BCUT2D eigenvalue weighted by molar-refractivity contribution is 7.92. The fraction of sp³-hybridized carbons (Fsp3) is 0.300. The Balaban J connectivity index is 2.57. The Morgan fingerprint density at radius 3 is 2.33 bits per heavy atom. The number of sulfonamides is 1. The van der Waals surface area contributed by atoms with Crippen molar-refractivity contribution >= 4 is 27.6 Å². The van der Waals surface area contributed by atoms with Gasteiger partial charge in [-0.1, -0.05) is 0 Å². The number of hydrogen-bond acceptors (Lipinski definition) is 7. The highest BCUT2D eigenvalue weighted by atomic mass is 32.2. The summed E-state index contributed by atoms with van der Waals surface area (Å²) in [5.41, 5.74) is 0.746. The maximum absolute atomic E-state index is 14.1. The molecule has 2 aromatic rings. The zero-order chi connectivity index (χ0) is 22.5. The first-order valence-electron chi connectivity index (χ1n) is 8.86. The standard InChI is InChI=1S/C20H22FNO7S/c1-5-29-20(24)14-6-8-17(13(2)10-14)22(12-19(23)28-4)30(25,26)15-7-9-18(27-3)16(21)11-15/h6-11H,5,12H2,1-4H3. The maximum Gasteiger partial charge on any atom is 0.338 e. The molecule has 0 atom stereocenters. The number of carbonyl (C=O) groups is 2. The molecule has 162 valence electrons. The lowest BCUT2D eigenvalue weighted by Crippen LogP contribution is -2.37. The zero-order valence-electron chi connectivity index (χ0n) is 17.0. The number of hydrogen-bond donors (Lipinski definition) is 0. The summed E-state index contributed by atoms with van der Waals surface area (Å²) in [5.74, 6) is -2.37. The normalized spacial score (nSPS) is 11.0. The third-order valence-electron chi connectivity index (χ3n) is 4.19. The van der Waals surface area contributed by atoms with E-state index in [9.17, 15) is 22.4 Å². The van der Waals surface area contributed by atoms with E-state index in [-0.39, 0.29) is 28.5 Å². The quantitative estimate of drug-likeness (QED) is 0.583. The lowest BCUT2D eigenvalue weighted by molar-refractivity contribution is -0.138. The molecule has 0 heterocycles. The molecule has 0 aromatic heterocycles. The molecule has 0 saturated carbocycles. The van der Waals surface area contributed by atoms with E-state index in [2.05, 4.69) is 4.74 Å². The predicted molar refractivity (Wildman–Crippen MR) is 107 cm³/mol. The van der Waals surface area contributed by atoms with E-state index >= 15 is 0 Å². The van der Waals surface area contributed by atoms with Gasteiger partial charge in [0.1, 0.15) is 6.54 Å². The van der Waals surface area contributed by atoms with Gasteiger partial charge < -0.3 is 14.2 Å². The van der Waals surface area contributed by atoms with E-state index in [0.29, 0.717) is 5.56 Å². The van der Waals surface area contributed by atoms with Crippen LogP contribution in [0.4, 0.5) is 10.1 Å². The summed E-state index contributed by atoms with van der Waals surface area (Å²) in [6, 6.07) is 7.36. The average molecular weight is 439 g/mol. The number of nitrogens with zero attached hydrogens (tertiary/aromatic N) is 1. The molecule has 0 unspecified atom stereocenters. The van der Waals surface area contributed by atoms with Crippen molar-refractivity contribution in [2.24, 2.45) is 0 Å². The van der Waals surface area contributed by atoms with Crippen LogP contribution in [0, 0.1) is 12.7 Å². The zero-order valence-corrected chi connectivity index (χ0v) is 17.8. The van der Waals surface area contributed by atoms with Gasteiger partial charge in [0.2, 0.25) is 0 Å². The lowest BCUT2D eigenvalue weighted by Gasteiger charge is -2.25. The Morgan fingerprint density at radius 2 is 1.80 bits per heavy atom. The molecule has 0 aliphatic carbocycles. The van der Waals surface area contributed by atoms with E-state index in [1.54, 1.807) is 13.8 Å². The number of aryl methyl sites for hydroxylation is 1. The van der Waals surface area contributed by atoms with Crippen molar-refractivity contribution in [2.75, 3.05) is 31.7 Å². The fourth-order valence-corrected chi connectivity index (χ4v) is 4.18. The van der Waals surface area contributed by atoms with E-state index in [4.69, 9.17) is 9.47 Å². The summed E-state index contributed by atoms with van der Waals surface area (Å²) in [6.45, 7) is 2.78. The molecule has 10 heteroatoms. The molecule has 2 aromatic carbocycles. The van der Waals surface area contributed by atoms with E-state index in [1.165, 1.54) is 37.4 Å². The monoisotopic (exact) mass is 439 g/mol. The number of anilines is 1. The Bertz CT molecular complexity index is 1050. The predicted octanol–water partition coefficient (Wildman–Crippen LogP) is 2.69. The van der Waals surface area contributed by atoms with Crippen LogP contribution >= 0.6 is 0 Å². The first-order chi connectivity index (χ1) is 14.1. The molecule has 0 N–H and O–H groups in total. The molecule has 30 heavy (non-hydrogen) atoms. The van der Waals surface area contributed by atoms with Crippen LogP contribution in [0.15, 0.2) is 41.3 Å². The minimum atomic E-state index is -4.35. The lowest BCUT2D eigenvalue weighted by atomic mass is 10.1. The molecule has 0 aliphatic rings. The van der Waals surface area contributed by atoms with Gasteiger partial charge in [0, 0.05) is 0 Å². The average Bonchev–Trinajstić information content (AvgIpc) is 2.72. The van der Waals surface area contributed by atoms with Crippen LogP contribution < -0.4 is 9.04 Å². The first-order valence-corrected chi connectivity index (χ1v) is 10.3. The molecular formula is C20H22FNO7S. The molecule has 0 bridgehead atoms. The Hall–Kier alpha value is -3.14. The van der Waals surface area contributed by atoms with Crippen LogP contribution in [-0.4, -0.2) is 47.7 Å². The fourth-order valence-electron chi connectivity index (χ4n) is 2.69. The summed E-state index contributed by atoms with van der Waals surface area (Å²) in [6.07, 6.45) is 0. The second-order valence-corrected chi connectivity index (χ2v) is 7.97. The minimum absolute atomic E-state index is 0.122. The van der Waals surface area contributed by atoms with E-state index in [1.807, 2.05) is 0 Å². The van der Waals surface area contributed by atoms with Gasteiger partial charge >= 0.3 is 11.9 Å². The van der Waals surface area contributed by atoms with Gasteiger partial charge in [-0.2, -0.15) is 0 Å². The van der Waals surface area contributed by atoms with Crippen molar-refractivity contribution in [3.05, 3.63) is 53.3 Å². The molecule has 8 nitrogen and oxygen atoms in total. The third-order valence-corrected chi connectivity index (χ3v) is 5.94. The summed E-state index contributed by atoms with van der Waals surface area (Å²) >= 11 is 0. The topological polar surface area (TPSA) is 99.2 Å². The highest BCUT2D eigenvalue weighted by Crippen LogP contribution is 2.29. The van der Waals surface area contributed by atoms with Gasteiger partial charge in [-0.25, -0.2) is 17.6 Å². The summed E-state index contributed by atoms with van der Waals surface area (Å²) in [5, 5.41) is 0. The number of halogens is 1. The maximum atomic E-state index is 14.1. The summed E-state index contributed by atoms with van der Waals surface area (Å²) in [4.78, 5) is 23.5. The molecule has 0 fully saturated rings. The SMILES string of the molecule is CCOC(=O)c1ccc(N(CC(=O)OC)S(=O)(=O)c2ccc(OC)c(F)c2)c(C)c1.